The number of rotatable bonds is 7. The van der Waals surface area contributed by atoms with Gasteiger partial charge in [0.15, 0.2) is 5.78 Å². The molecule has 0 radical (unpaired) electrons. The number of para-hydroxylation sites is 1. The molecule has 0 aliphatic heterocycles. The predicted octanol–water partition coefficient (Wildman–Crippen LogP) is 1.34. The second-order valence-electron chi connectivity index (χ2n) is 4.83. The zero-order valence-corrected chi connectivity index (χ0v) is 13.7. The van der Waals surface area contributed by atoms with Gasteiger partial charge in [-0.05, 0) is 26.0 Å². The molecule has 7 nitrogen and oxygen atoms in total. The fraction of sp³-hybridized carbons (Fsp3) is 0.429. The number of Topliss-reactive ketones (excluding diaryl/α,β-unsaturated/α-hetero) is 1. The fourth-order valence-electron chi connectivity index (χ4n) is 1.72. The topological polar surface area (TPSA) is 98.8 Å². The summed E-state index contributed by atoms with van der Waals surface area (Å²) in [5.41, 5.74) is -1.18. The van der Waals surface area contributed by atoms with E-state index in [1.807, 2.05) is 0 Å². The number of hydrogen-bond donors (Lipinski definition) is 1. The van der Waals surface area contributed by atoms with Crippen LogP contribution in [0.1, 0.15) is 20.3 Å². The van der Waals surface area contributed by atoms with E-state index in [4.69, 9.17) is 4.74 Å². The van der Waals surface area contributed by atoms with Gasteiger partial charge in [0.2, 0.25) is 5.91 Å². The van der Waals surface area contributed by atoms with Gasteiger partial charge in [0.1, 0.15) is 10.5 Å². The van der Waals surface area contributed by atoms with Crippen molar-refractivity contribution in [1.82, 2.24) is 0 Å². The minimum Gasteiger partial charge on any atom is -0.370 e. The highest BCUT2D eigenvalue weighted by atomic mass is 32.2. The maximum Gasteiger partial charge on any atom is 0.298 e. The molecule has 0 heterocycles. The van der Waals surface area contributed by atoms with Crippen LogP contribution in [0.5, 0.6) is 0 Å². The van der Waals surface area contributed by atoms with Crippen LogP contribution in [0.4, 0.5) is 5.69 Å². The molecular weight excluding hydrogens is 310 g/mol. The predicted molar refractivity (Wildman–Crippen MR) is 80.0 cm³/mol. The molecule has 8 heteroatoms. The van der Waals surface area contributed by atoms with Gasteiger partial charge in [-0.1, -0.05) is 12.1 Å². The molecule has 0 aliphatic rings. The third-order valence-electron chi connectivity index (χ3n) is 3.34. The summed E-state index contributed by atoms with van der Waals surface area (Å²) in [6.45, 7) is 2.81. The Labute approximate surface area is 129 Å². The van der Waals surface area contributed by atoms with E-state index in [-0.39, 0.29) is 22.8 Å². The van der Waals surface area contributed by atoms with Crippen molar-refractivity contribution in [2.75, 3.05) is 19.5 Å². The minimum atomic E-state index is -3.95. The summed E-state index contributed by atoms with van der Waals surface area (Å²) in [6, 6.07) is 5.83. The Kier molecular flexibility index (Phi) is 5.81. The quantitative estimate of drug-likeness (QED) is 0.758. The van der Waals surface area contributed by atoms with E-state index >= 15 is 0 Å². The van der Waals surface area contributed by atoms with Gasteiger partial charge in [-0.2, -0.15) is 8.42 Å². The van der Waals surface area contributed by atoms with Crippen molar-refractivity contribution in [2.24, 2.45) is 0 Å². The Hall–Kier alpha value is -1.77. The summed E-state index contributed by atoms with van der Waals surface area (Å²) in [5.74, 6) is -0.846. The molecule has 1 atom stereocenters. The highest BCUT2D eigenvalue weighted by Crippen LogP contribution is 2.24. The number of nitrogens with one attached hydrogen (secondary N) is 1. The van der Waals surface area contributed by atoms with Crippen molar-refractivity contribution in [2.45, 2.75) is 30.8 Å². The van der Waals surface area contributed by atoms with Crippen LogP contribution in [-0.4, -0.2) is 39.9 Å². The van der Waals surface area contributed by atoms with Gasteiger partial charge < -0.3 is 10.1 Å². The molecule has 1 aromatic carbocycles. The maximum atomic E-state index is 12.1. The van der Waals surface area contributed by atoms with Crippen LogP contribution in [0.2, 0.25) is 0 Å². The molecule has 0 saturated heterocycles. The molecule has 1 N–H and O–H groups in total. The Morgan fingerprint density at radius 1 is 1.23 bits per heavy atom. The Morgan fingerprint density at radius 3 is 2.32 bits per heavy atom. The maximum absolute atomic E-state index is 12.1. The molecule has 1 amide bonds. The fourth-order valence-corrected chi connectivity index (χ4v) is 2.53. The molecule has 0 aromatic heterocycles. The lowest BCUT2D eigenvalue weighted by molar-refractivity contribution is -0.141. The second-order valence-corrected chi connectivity index (χ2v) is 6.51. The molecule has 22 heavy (non-hydrogen) atoms. The number of anilines is 1. The van der Waals surface area contributed by atoms with E-state index in [1.165, 1.54) is 39.2 Å². The largest absolute Gasteiger partial charge is 0.370 e. The Balaban J connectivity index is 3.02. The number of carbonyl (C=O) groups excluding carboxylic acids is 2. The number of methoxy groups -OCH3 is 1. The van der Waals surface area contributed by atoms with Crippen molar-refractivity contribution in [3.05, 3.63) is 24.3 Å². The first-order chi connectivity index (χ1) is 10.2. The summed E-state index contributed by atoms with van der Waals surface area (Å²) < 4.78 is 33.1. The number of carbonyl (C=O) groups is 2. The van der Waals surface area contributed by atoms with Crippen LogP contribution >= 0.6 is 0 Å². The van der Waals surface area contributed by atoms with Crippen LogP contribution in [0, 0.1) is 0 Å². The number of hydrogen-bond acceptors (Lipinski definition) is 6. The summed E-state index contributed by atoms with van der Waals surface area (Å²) in [4.78, 5) is 23.5. The first-order valence-electron chi connectivity index (χ1n) is 6.42. The minimum absolute atomic E-state index is 0.0800. The van der Waals surface area contributed by atoms with Crippen LogP contribution < -0.4 is 5.32 Å². The van der Waals surface area contributed by atoms with E-state index < -0.39 is 21.6 Å². The highest BCUT2D eigenvalue weighted by molar-refractivity contribution is 7.87. The second kappa shape index (κ2) is 6.99. The lowest BCUT2D eigenvalue weighted by atomic mass is 9.97. The van der Waals surface area contributed by atoms with Crippen molar-refractivity contribution < 1.29 is 26.9 Å². The summed E-state index contributed by atoms with van der Waals surface area (Å²) >= 11 is 0. The number of amides is 1. The van der Waals surface area contributed by atoms with Gasteiger partial charge >= 0.3 is 0 Å². The standard InChI is InChI=1S/C14H19NO6S/c1-10(16)14(2,20-3)9-13(17)15-11-7-5-6-8-12(11)22(18,19)21-4/h5-8H,9H2,1-4H3,(H,15,17). The zero-order valence-electron chi connectivity index (χ0n) is 12.9. The zero-order chi connectivity index (χ0) is 17.0. The van der Waals surface area contributed by atoms with E-state index in [9.17, 15) is 18.0 Å². The van der Waals surface area contributed by atoms with Crippen molar-refractivity contribution in [3.8, 4) is 0 Å². The number of ketones is 1. The molecule has 0 fully saturated rings. The van der Waals surface area contributed by atoms with Crippen molar-refractivity contribution in [1.29, 1.82) is 0 Å². The van der Waals surface area contributed by atoms with Crippen LogP contribution in [-0.2, 0) is 28.6 Å². The molecule has 122 valence electrons. The van der Waals surface area contributed by atoms with Gasteiger partial charge in [-0.25, -0.2) is 0 Å². The van der Waals surface area contributed by atoms with E-state index in [2.05, 4.69) is 9.50 Å². The van der Waals surface area contributed by atoms with Gasteiger partial charge in [-0.15, -0.1) is 0 Å². The van der Waals surface area contributed by atoms with E-state index in [0.29, 0.717) is 0 Å². The first-order valence-corrected chi connectivity index (χ1v) is 7.83. The average Bonchev–Trinajstić information content (AvgIpc) is 2.47. The van der Waals surface area contributed by atoms with Crippen molar-refractivity contribution >= 4 is 27.5 Å². The Bertz CT molecular complexity index is 670. The molecule has 0 saturated carbocycles. The normalized spacial score (nSPS) is 14.2. The third-order valence-corrected chi connectivity index (χ3v) is 4.68. The average molecular weight is 329 g/mol. The molecule has 1 unspecified atom stereocenters. The summed E-state index contributed by atoms with van der Waals surface area (Å²) in [6.07, 6.45) is -0.236. The molecule has 0 aliphatic carbocycles. The highest BCUT2D eigenvalue weighted by Gasteiger charge is 2.32. The Morgan fingerprint density at radius 2 is 1.82 bits per heavy atom. The van der Waals surface area contributed by atoms with Gasteiger partial charge in [0.25, 0.3) is 10.1 Å². The van der Waals surface area contributed by atoms with E-state index in [1.54, 1.807) is 6.07 Å². The molecule has 0 bridgehead atoms. The molecule has 0 spiro atoms. The number of ether oxygens (including phenoxy) is 1. The van der Waals surface area contributed by atoms with Crippen LogP contribution in [0.15, 0.2) is 29.2 Å². The molecule has 1 aromatic rings. The van der Waals surface area contributed by atoms with Gasteiger partial charge in [0, 0.05) is 7.11 Å². The first kappa shape index (κ1) is 18.3. The molecular formula is C14H19NO6S. The summed E-state index contributed by atoms with van der Waals surface area (Å²) in [7, 11) is -1.59. The van der Waals surface area contributed by atoms with Crippen LogP contribution in [0.25, 0.3) is 0 Å². The monoisotopic (exact) mass is 329 g/mol. The lowest BCUT2D eigenvalue weighted by Crippen LogP contribution is -2.39. The van der Waals surface area contributed by atoms with Crippen LogP contribution in [0.3, 0.4) is 0 Å². The SMILES string of the molecule is COC(C)(CC(=O)Nc1ccccc1S(=O)(=O)OC)C(C)=O. The lowest BCUT2D eigenvalue weighted by Gasteiger charge is -2.24. The van der Waals surface area contributed by atoms with Gasteiger partial charge in [-0.3, -0.25) is 13.8 Å². The van der Waals surface area contributed by atoms with Gasteiger partial charge in [0.05, 0.1) is 19.2 Å². The summed E-state index contributed by atoms with van der Waals surface area (Å²) in [5, 5.41) is 2.47. The number of benzene rings is 1. The smallest absolute Gasteiger partial charge is 0.298 e. The van der Waals surface area contributed by atoms with E-state index in [0.717, 1.165) is 7.11 Å². The molecule has 1 rings (SSSR count). The van der Waals surface area contributed by atoms with Crippen molar-refractivity contribution in [3.63, 3.8) is 0 Å². The third kappa shape index (κ3) is 4.12.